The van der Waals surface area contributed by atoms with Crippen molar-refractivity contribution in [3.05, 3.63) is 29.6 Å². The lowest BCUT2D eigenvalue weighted by Crippen LogP contribution is -2.32. The molecule has 2 rings (SSSR count). The number of fused-ring (bicyclic) bond motifs is 1. The Kier molecular flexibility index (Phi) is 1.65. The first-order chi connectivity index (χ1) is 5.40. The van der Waals surface area contributed by atoms with E-state index in [1.807, 2.05) is 0 Å². The molecule has 0 fully saturated rings. The summed E-state index contributed by atoms with van der Waals surface area (Å²) in [5, 5.41) is 0. The lowest BCUT2D eigenvalue weighted by atomic mass is 10.2. The van der Waals surface area contributed by atoms with Crippen LogP contribution in [0.15, 0.2) is 18.3 Å². The standard InChI is InChI=1S/C10H14N/c1-2-9-5-6-10-4-3-7-11(10)8-9/h5-6,8H,2-4,7H2,1H3/q+1. The van der Waals surface area contributed by atoms with E-state index < -0.39 is 0 Å². The first-order valence-electron chi connectivity index (χ1n) is 4.41. The zero-order valence-electron chi connectivity index (χ0n) is 7.01. The van der Waals surface area contributed by atoms with Gasteiger partial charge in [0.05, 0.1) is 0 Å². The summed E-state index contributed by atoms with van der Waals surface area (Å²) in [6.45, 7) is 3.43. The van der Waals surface area contributed by atoms with Crippen LogP contribution in [0.25, 0.3) is 0 Å². The third-order valence-electron chi connectivity index (χ3n) is 2.42. The second-order valence-corrected chi connectivity index (χ2v) is 3.18. The molecule has 0 N–H and O–H groups in total. The van der Waals surface area contributed by atoms with Gasteiger partial charge in [0, 0.05) is 24.5 Å². The van der Waals surface area contributed by atoms with Gasteiger partial charge in [-0.2, -0.15) is 0 Å². The highest BCUT2D eigenvalue weighted by molar-refractivity contribution is 5.10. The van der Waals surface area contributed by atoms with Gasteiger partial charge in [0.25, 0.3) is 0 Å². The molecular formula is C10H14N+. The lowest BCUT2D eigenvalue weighted by molar-refractivity contribution is -0.691. The van der Waals surface area contributed by atoms with Gasteiger partial charge in [-0.15, -0.1) is 0 Å². The van der Waals surface area contributed by atoms with Crippen LogP contribution in [0.2, 0.25) is 0 Å². The van der Waals surface area contributed by atoms with Crippen LogP contribution in [0.5, 0.6) is 0 Å². The Morgan fingerprint density at radius 2 is 2.36 bits per heavy atom. The maximum Gasteiger partial charge on any atom is 0.181 e. The van der Waals surface area contributed by atoms with Crippen LogP contribution >= 0.6 is 0 Å². The van der Waals surface area contributed by atoms with Gasteiger partial charge in [-0.3, -0.25) is 0 Å². The molecule has 1 aliphatic rings. The van der Waals surface area contributed by atoms with Crippen LogP contribution in [-0.4, -0.2) is 0 Å². The van der Waals surface area contributed by atoms with Crippen LogP contribution in [0.1, 0.15) is 24.6 Å². The maximum absolute atomic E-state index is 2.39. The van der Waals surface area contributed by atoms with E-state index in [1.54, 1.807) is 0 Å². The predicted molar refractivity (Wildman–Crippen MR) is 44.3 cm³/mol. The van der Waals surface area contributed by atoms with E-state index in [1.165, 1.54) is 30.6 Å². The molecule has 1 aromatic heterocycles. The SMILES string of the molecule is CCc1ccc2[n+](c1)CCC2. The van der Waals surface area contributed by atoms with E-state index in [4.69, 9.17) is 0 Å². The smallest absolute Gasteiger partial charge is 0.181 e. The quantitative estimate of drug-likeness (QED) is 0.531. The number of hydrogen-bond donors (Lipinski definition) is 0. The first-order valence-corrected chi connectivity index (χ1v) is 4.41. The van der Waals surface area contributed by atoms with Crippen LogP contribution in [0.4, 0.5) is 0 Å². The van der Waals surface area contributed by atoms with Gasteiger partial charge in [-0.05, 0) is 12.5 Å². The number of aryl methyl sites for hydroxylation is 3. The van der Waals surface area contributed by atoms with Crippen molar-refractivity contribution < 1.29 is 4.57 Å². The number of nitrogens with zero attached hydrogens (tertiary/aromatic N) is 1. The molecule has 0 radical (unpaired) electrons. The zero-order valence-corrected chi connectivity index (χ0v) is 7.01. The molecule has 1 heteroatoms. The van der Waals surface area contributed by atoms with Gasteiger partial charge < -0.3 is 0 Å². The second-order valence-electron chi connectivity index (χ2n) is 3.18. The third-order valence-corrected chi connectivity index (χ3v) is 2.42. The second kappa shape index (κ2) is 2.65. The van der Waals surface area contributed by atoms with Crippen LogP contribution in [0, 0.1) is 0 Å². The highest BCUT2D eigenvalue weighted by Crippen LogP contribution is 2.07. The summed E-state index contributed by atoms with van der Waals surface area (Å²) in [5.74, 6) is 0. The maximum atomic E-state index is 2.39. The van der Waals surface area contributed by atoms with Gasteiger partial charge in [-0.25, -0.2) is 4.57 Å². The first kappa shape index (κ1) is 6.84. The molecule has 1 aromatic rings. The number of pyridine rings is 1. The predicted octanol–water partition coefficient (Wildman–Crippen LogP) is 1.48. The summed E-state index contributed by atoms with van der Waals surface area (Å²) in [6, 6.07) is 4.52. The van der Waals surface area contributed by atoms with E-state index in [-0.39, 0.29) is 0 Å². The fourth-order valence-corrected chi connectivity index (χ4v) is 1.70. The highest BCUT2D eigenvalue weighted by atomic mass is 15.0. The summed E-state index contributed by atoms with van der Waals surface area (Å²) in [6.07, 6.45) is 6.04. The Morgan fingerprint density at radius 3 is 3.18 bits per heavy atom. The molecule has 0 atom stereocenters. The summed E-state index contributed by atoms with van der Waals surface area (Å²) < 4.78 is 2.39. The largest absolute Gasteiger partial charge is 0.202 e. The van der Waals surface area contributed by atoms with Crippen LogP contribution < -0.4 is 4.57 Å². The molecule has 0 saturated heterocycles. The molecule has 1 nitrogen and oxygen atoms in total. The fraction of sp³-hybridized carbons (Fsp3) is 0.500. The Balaban J connectivity index is 2.41. The van der Waals surface area contributed by atoms with Crippen molar-refractivity contribution in [2.75, 3.05) is 0 Å². The molecular weight excluding hydrogens is 134 g/mol. The minimum absolute atomic E-state index is 1.15. The van der Waals surface area contributed by atoms with Crippen molar-refractivity contribution in [2.24, 2.45) is 0 Å². The number of hydrogen-bond acceptors (Lipinski definition) is 0. The summed E-state index contributed by atoms with van der Waals surface area (Å²) in [4.78, 5) is 0. The van der Waals surface area contributed by atoms with Gasteiger partial charge in [0.2, 0.25) is 0 Å². The molecule has 0 aromatic carbocycles. The molecule has 58 valence electrons. The van der Waals surface area contributed by atoms with Crippen LogP contribution in [-0.2, 0) is 19.4 Å². The Hall–Kier alpha value is -0.850. The lowest BCUT2D eigenvalue weighted by Gasteiger charge is -1.95. The molecule has 1 aliphatic heterocycles. The summed E-state index contributed by atoms with van der Waals surface area (Å²) in [5.41, 5.74) is 2.96. The average Bonchev–Trinajstić information content (AvgIpc) is 2.50. The van der Waals surface area contributed by atoms with Gasteiger partial charge in [-0.1, -0.05) is 6.92 Å². The van der Waals surface area contributed by atoms with Crippen molar-refractivity contribution in [3.63, 3.8) is 0 Å². The van der Waals surface area contributed by atoms with E-state index in [0.29, 0.717) is 0 Å². The average molecular weight is 148 g/mol. The monoisotopic (exact) mass is 148 g/mol. The molecule has 0 bridgehead atoms. The van der Waals surface area contributed by atoms with E-state index >= 15 is 0 Å². The van der Waals surface area contributed by atoms with Crippen molar-refractivity contribution in [3.8, 4) is 0 Å². The third kappa shape index (κ3) is 1.15. The Morgan fingerprint density at radius 1 is 1.45 bits per heavy atom. The Bertz CT molecular complexity index is 266. The highest BCUT2D eigenvalue weighted by Gasteiger charge is 2.17. The van der Waals surface area contributed by atoms with Crippen LogP contribution in [0.3, 0.4) is 0 Å². The van der Waals surface area contributed by atoms with Crippen molar-refractivity contribution >= 4 is 0 Å². The van der Waals surface area contributed by atoms with E-state index in [0.717, 1.165) is 6.42 Å². The van der Waals surface area contributed by atoms with Crippen molar-refractivity contribution in [1.29, 1.82) is 0 Å². The minimum Gasteiger partial charge on any atom is -0.202 e. The summed E-state index contributed by atoms with van der Waals surface area (Å²) in [7, 11) is 0. The summed E-state index contributed by atoms with van der Waals surface area (Å²) >= 11 is 0. The van der Waals surface area contributed by atoms with Crippen molar-refractivity contribution in [1.82, 2.24) is 0 Å². The van der Waals surface area contributed by atoms with Gasteiger partial charge in [0.15, 0.2) is 11.9 Å². The molecule has 11 heavy (non-hydrogen) atoms. The zero-order chi connectivity index (χ0) is 7.68. The topological polar surface area (TPSA) is 3.88 Å². The van der Waals surface area contributed by atoms with Gasteiger partial charge in [0.1, 0.15) is 6.54 Å². The molecule has 0 spiro atoms. The van der Waals surface area contributed by atoms with E-state index in [9.17, 15) is 0 Å². The number of aromatic nitrogens is 1. The molecule has 0 amide bonds. The molecule has 0 saturated carbocycles. The minimum atomic E-state index is 1.15. The molecule has 0 unspecified atom stereocenters. The van der Waals surface area contributed by atoms with Gasteiger partial charge >= 0.3 is 0 Å². The van der Waals surface area contributed by atoms with E-state index in [2.05, 4.69) is 29.8 Å². The molecule has 0 aliphatic carbocycles. The number of rotatable bonds is 1. The van der Waals surface area contributed by atoms with Crippen molar-refractivity contribution in [2.45, 2.75) is 32.7 Å². The fourth-order valence-electron chi connectivity index (χ4n) is 1.70. The Labute approximate surface area is 67.7 Å². The molecule has 2 heterocycles. The normalized spacial score (nSPS) is 15.0.